The van der Waals surface area contributed by atoms with E-state index in [-0.39, 0.29) is 18.7 Å². The average Bonchev–Trinajstić information content (AvgIpc) is 2.93. The van der Waals surface area contributed by atoms with E-state index in [0.29, 0.717) is 16.3 Å². The Labute approximate surface area is 134 Å². The molecular weight excluding hydrogens is 329 g/mol. The number of hydrogen-bond acceptors (Lipinski definition) is 4. The summed E-state index contributed by atoms with van der Waals surface area (Å²) in [5.41, 5.74) is -1.37. The van der Waals surface area contributed by atoms with Crippen molar-refractivity contribution in [2.75, 3.05) is 6.61 Å². The molecule has 1 N–H and O–H groups in total. The number of carboxylic acid groups (broad SMARTS) is 1. The first-order valence-corrected chi connectivity index (χ1v) is 6.88. The lowest BCUT2D eigenvalue weighted by Crippen LogP contribution is -2.11. The smallest absolute Gasteiger partial charge is 0.435 e. The Morgan fingerprint density at radius 2 is 2.00 bits per heavy atom. The first-order valence-electron chi connectivity index (χ1n) is 6.88. The summed E-state index contributed by atoms with van der Waals surface area (Å²) in [5.74, 6) is -2.04. The Kier molecular flexibility index (Phi) is 4.91. The van der Waals surface area contributed by atoms with Crippen molar-refractivity contribution in [1.82, 2.24) is 9.78 Å². The van der Waals surface area contributed by atoms with Crippen molar-refractivity contribution in [3.63, 3.8) is 0 Å². The molecule has 0 aliphatic rings. The number of ether oxygens (including phenoxy) is 1. The zero-order chi connectivity index (χ0) is 17.9. The summed E-state index contributed by atoms with van der Waals surface area (Å²) in [6.07, 6.45) is -4.85. The molecule has 128 valence electrons. The number of carbonyl (C=O) groups is 2. The molecule has 0 aliphatic carbocycles. The Balaban J connectivity index is 2.42. The molecule has 2 rings (SSSR count). The fourth-order valence-corrected chi connectivity index (χ4v) is 2.05. The second kappa shape index (κ2) is 6.73. The van der Waals surface area contributed by atoms with Crippen molar-refractivity contribution in [3.05, 3.63) is 47.3 Å². The zero-order valence-corrected chi connectivity index (χ0v) is 12.5. The Bertz CT molecular complexity index is 768. The van der Waals surface area contributed by atoms with Gasteiger partial charge in [-0.2, -0.15) is 18.3 Å². The lowest BCUT2D eigenvalue weighted by Gasteiger charge is -2.07. The zero-order valence-electron chi connectivity index (χ0n) is 12.5. The summed E-state index contributed by atoms with van der Waals surface area (Å²) in [6, 6.07) is 6.31. The fourth-order valence-electron chi connectivity index (χ4n) is 2.05. The average molecular weight is 342 g/mol. The maximum atomic E-state index is 12.8. The van der Waals surface area contributed by atoms with Gasteiger partial charge in [0.05, 0.1) is 18.7 Å². The first kappa shape index (κ1) is 17.5. The van der Waals surface area contributed by atoms with E-state index in [0.717, 1.165) is 0 Å². The normalized spacial score (nSPS) is 11.3. The van der Waals surface area contributed by atoms with Crippen molar-refractivity contribution < 1.29 is 32.6 Å². The highest BCUT2D eigenvalue weighted by molar-refractivity contribution is 5.86. The van der Waals surface area contributed by atoms with Crippen molar-refractivity contribution in [1.29, 1.82) is 0 Å². The summed E-state index contributed by atoms with van der Waals surface area (Å²) in [7, 11) is 0. The second-order valence-electron chi connectivity index (χ2n) is 4.78. The Morgan fingerprint density at radius 3 is 2.58 bits per heavy atom. The monoisotopic (exact) mass is 342 g/mol. The van der Waals surface area contributed by atoms with Gasteiger partial charge in [-0.1, -0.05) is 12.1 Å². The van der Waals surface area contributed by atoms with Crippen LogP contribution < -0.4 is 0 Å². The van der Waals surface area contributed by atoms with Crippen LogP contribution in [-0.4, -0.2) is 33.4 Å². The van der Waals surface area contributed by atoms with Gasteiger partial charge in [0.2, 0.25) is 0 Å². The third-order valence-electron chi connectivity index (χ3n) is 3.03. The number of nitrogens with zero attached hydrogens (tertiary/aromatic N) is 2. The highest BCUT2D eigenvalue weighted by atomic mass is 19.4. The molecule has 0 saturated carbocycles. The molecule has 0 amide bonds. The maximum Gasteiger partial charge on any atom is 0.435 e. The van der Waals surface area contributed by atoms with Crippen LogP contribution in [0.4, 0.5) is 13.2 Å². The number of carboxylic acids is 1. The molecule has 0 aliphatic heterocycles. The van der Waals surface area contributed by atoms with Crippen LogP contribution in [-0.2, 0) is 22.1 Å². The molecule has 2 aromatic rings. The van der Waals surface area contributed by atoms with Gasteiger partial charge >= 0.3 is 18.1 Å². The third-order valence-corrected chi connectivity index (χ3v) is 3.03. The summed E-state index contributed by atoms with van der Waals surface area (Å²) in [4.78, 5) is 22.7. The van der Waals surface area contributed by atoms with Crippen molar-refractivity contribution in [2.45, 2.75) is 19.5 Å². The van der Waals surface area contributed by atoms with Gasteiger partial charge in [-0.25, -0.2) is 9.48 Å². The number of hydrogen-bond donors (Lipinski definition) is 1. The van der Waals surface area contributed by atoms with E-state index in [1.54, 1.807) is 13.0 Å². The molecule has 0 saturated heterocycles. The van der Waals surface area contributed by atoms with Gasteiger partial charge in [0.1, 0.15) is 0 Å². The molecule has 1 aromatic carbocycles. The molecule has 6 nitrogen and oxygen atoms in total. The molecule has 0 fully saturated rings. The molecule has 1 heterocycles. The predicted octanol–water partition coefficient (Wildman–Crippen LogP) is 2.69. The Morgan fingerprint density at radius 1 is 1.29 bits per heavy atom. The molecular formula is C15H13F3N2O4. The number of aromatic carboxylic acids is 1. The molecule has 0 unspecified atom stereocenters. The fraction of sp³-hybridized carbons (Fsp3) is 0.267. The Hall–Kier alpha value is -2.84. The molecule has 0 spiro atoms. The minimum atomic E-state index is -4.77. The van der Waals surface area contributed by atoms with Crippen LogP contribution in [0.15, 0.2) is 30.3 Å². The van der Waals surface area contributed by atoms with E-state index < -0.39 is 29.5 Å². The number of benzene rings is 1. The number of esters is 1. The van der Waals surface area contributed by atoms with Gasteiger partial charge in [-0.05, 0) is 24.6 Å². The number of carbonyl (C=O) groups excluding carboxylic acids is 1. The largest absolute Gasteiger partial charge is 0.477 e. The molecule has 0 radical (unpaired) electrons. The lowest BCUT2D eigenvalue weighted by molar-refractivity contribution is -0.142. The van der Waals surface area contributed by atoms with Crippen LogP contribution in [0.1, 0.15) is 28.7 Å². The van der Waals surface area contributed by atoms with E-state index in [4.69, 9.17) is 9.84 Å². The van der Waals surface area contributed by atoms with Crippen molar-refractivity contribution in [2.24, 2.45) is 0 Å². The maximum absolute atomic E-state index is 12.8. The van der Waals surface area contributed by atoms with Crippen LogP contribution in [0, 0.1) is 0 Å². The van der Waals surface area contributed by atoms with Gasteiger partial charge in [-0.3, -0.25) is 4.79 Å². The highest BCUT2D eigenvalue weighted by Crippen LogP contribution is 2.29. The standard InChI is InChI=1S/C15H13F3N2O4/c1-2-24-13(21)7-9-4-3-5-10(6-9)20-11(14(22)23)8-12(19-20)15(16,17)18/h3-6,8H,2,7H2,1H3,(H,22,23). The molecule has 24 heavy (non-hydrogen) atoms. The van der Waals surface area contributed by atoms with E-state index >= 15 is 0 Å². The molecule has 0 atom stereocenters. The van der Waals surface area contributed by atoms with Crippen LogP contribution in [0.25, 0.3) is 5.69 Å². The predicted molar refractivity (Wildman–Crippen MR) is 75.9 cm³/mol. The van der Waals surface area contributed by atoms with E-state index in [1.807, 2.05) is 0 Å². The second-order valence-corrected chi connectivity index (χ2v) is 4.78. The van der Waals surface area contributed by atoms with E-state index in [9.17, 15) is 22.8 Å². The topological polar surface area (TPSA) is 81.4 Å². The van der Waals surface area contributed by atoms with Crippen LogP contribution in [0.3, 0.4) is 0 Å². The molecule has 9 heteroatoms. The van der Waals surface area contributed by atoms with Gasteiger partial charge in [0.15, 0.2) is 11.4 Å². The summed E-state index contributed by atoms with van der Waals surface area (Å²) in [6.45, 7) is 1.85. The first-order chi connectivity index (χ1) is 11.2. The quantitative estimate of drug-likeness (QED) is 0.845. The number of alkyl halides is 3. The summed E-state index contributed by atoms with van der Waals surface area (Å²) in [5, 5.41) is 12.4. The lowest BCUT2D eigenvalue weighted by atomic mass is 10.1. The number of aromatic nitrogens is 2. The molecule has 1 aromatic heterocycles. The minimum absolute atomic E-state index is 0.0858. The van der Waals surface area contributed by atoms with Gasteiger partial charge < -0.3 is 9.84 Å². The van der Waals surface area contributed by atoms with Crippen LogP contribution >= 0.6 is 0 Å². The van der Waals surface area contributed by atoms with Gasteiger partial charge in [-0.15, -0.1) is 0 Å². The highest BCUT2D eigenvalue weighted by Gasteiger charge is 2.36. The summed E-state index contributed by atoms with van der Waals surface area (Å²) >= 11 is 0. The number of rotatable bonds is 5. The van der Waals surface area contributed by atoms with Crippen LogP contribution in [0.5, 0.6) is 0 Å². The van der Waals surface area contributed by atoms with Gasteiger partial charge in [0.25, 0.3) is 0 Å². The SMILES string of the molecule is CCOC(=O)Cc1cccc(-n2nc(C(F)(F)F)cc2C(=O)O)c1. The number of halogens is 3. The van der Waals surface area contributed by atoms with E-state index in [2.05, 4.69) is 5.10 Å². The molecule has 0 bridgehead atoms. The van der Waals surface area contributed by atoms with E-state index in [1.165, 1.54) is 18.2 Å². The van der Waals surface area contributed by atoms with Crippen molar-refractivity contribution in [3.8, 4) is 5.69 Å². The van der Waals surface area contributed by atoms with Crippen LogP contribution in [0.2, 0.25) is 0 Å². The third kappa shape index (κ3) is 3.92. The van der Waals surface area contributed by atoms with Crippen molar-refractivity contribution >= 4 is 11.9 Å². The minimum Gasteiger partial charge on any atom is -0.477 e. The van der Waals surface area contributed by atoms with Gasteiger partial charge in [0, 0.05) is 6.07 Å². The summed E-state index contributed by atoms with van der Waals surface area (Å²) < 4.78 is 43.8.